The van der Waals surface area contributed by atoms with Crippen LogP contribution in [0.25, 0.3) is 0 Å². The molecule has 1 unspecified atom stereocenters. The van der Waals surface area contributed by atoms with Crippen LogP contribution in [0.15, 0.2) is 35.7 Å². The lowest BCUT2D eigenvalue weighted by Gasteiger charge is -2.22. The lowest BCUT2D eigenvalue weighted by atomic mass is 10.1. The molecule has 2 rings (SSSR count). The molecule has 0 amide bonds. The van der Waals surface area contributed by atoms with Gasteiger partial charge in [0.25, 0.3) is 0 Å². The Morgan fingerprint density at radius 3 is 2.47 bits per heavy atom. The molecule has 0 spiro atoms. The van der Waals surface area contributed by atoms with Gasteiger partial charge in [0, 0.05) is 22.5 Å². The second kappa shape index (κ2) is 6.22. The number of hydrogen-bond acceptors (Lipinski definition) is 3. The van der Waals surface area contributed by atoms with E-state index in [4.69, 9.17) is 4.74 Å². The maximum atomic E-state index is 5.43. The van der Waals surface area contributed by atoms with Gasteiger partial charge in [-0.25, -0.2) is 0 Å². The Balaban J connectivity index is 2.13. The van der Waals surface area contributed by atoms with Crippen molar-refractivity contribution < 1.29 is 4.74 Å². The quantitative estimate of drug-likeness (QED) is 0.869. The van der Waals surface area contributed by atoms with Crippen molar-refractivity contribution in [1.82, 2.24) is 5.32 Å². The van der Waals surface area contributed by atoms with Crippen LogP contribution in [0.1, 0.15) is 41.9 Å². The number of para-hydroxylation sites is 1. The number of methoxy groups -OCH3 is 1. The molecular weight excluding hydrogens is 254 g/mol. The summed E-state index contributed by atoms with van der Waals surface area (Å²) < 4.78 is 5.43. The normalized spacial score (nSPS) is 14.1. The van der Waals surface area contributed by atoms with Crippen molar-refractivity contribution in [2.24, 2.45) is 0 Å². The van der Waals surface area contributed by atoms with E-state index in [0.29, 0.717) is 6.04 Å². The molecule has 1 aromatic carbocycles. The number of benzene rings is 1. The number of ether oxygens (including phenoxy) is 1. The Morgan fingerprint density at radius 1 is 1.11 bits per heavy atom. The molecule has 0 aliphatic rings. The highest BCUT2D eigenvalue weighted by atomic mass is 32.1. The summed E-state index contributed by atoms with van der Waals surface area (Å²) in [5.74, 6) is 0.942. The van der Waals surface area contributed by atoms with Crippen molar-refractivity contribution in [3.8, 4) is 5.75 Å². The molecule has 2 aromatic rings. The lowest BCUT2D eigenvalue weighted by Crippen LogP contribution is -2.22. The number of aryl methyl sites for hydroxylation is 1. The molecule has 2 nitrogen and oxygen atoms in total. The summed E-state index contributed by atoms with van der Waals surface area (Å²) in [5.41, 5.74) is 2.56. The van der Waals surface area contributed by atoms with Crippen molar-refractivity contribution in [2.75, 3.05) is 7.11 Å². The van der Waals surface area contributed by atoms with Gasteiger partial charge < -0.3 is 10.1 Å². The van der Waals surface area contributed by atoms with Crippen LogP contribution in [0.3, 0.4) is 0 Å². The highest BCUT2D eigenvalue weighted by Gasteiger charge is 2.16. The first kappa shape index (κ1) is 14.1. The molecule has 3 heteroatoms. The Kier molecular flexibility index (Phi) is 4.61. The first-order valence-electron chi connectivity index (χ1n) is 6.56. The predicted molar refractivity (Wildman–Crippen MR) is 82.0 cm³/mol. The maximum absolute atomic E-state index is 5.43. The van der Waals surface area contributed by atoms with Crippen LogP contribution >= 0.6 is 11.3 Å². The fraction of sp³-hybridized carbons (Fsp3) is 0.375. The largest absolute Gasteiger partial charge is 0.496 e. The zero-order valence-corrected chi connectivity index (χ0v) is 12.8. The van der Waals surface area contributed by atoms with Crippen LogP contribution in [0.5, 0.6) is 5.75 Å². The van der Waals surface area contributed by atoms with Gasteiger partial charge in [0.2, 0.25) is 0 Å². The van der Waals surface area contributed by atoms with E-state index in [1.807, 2.05) is 23.5 Å². The first-order valence-corrected chi connectivity index (χ1v) is 7.44. The minimum atomic E-state index is 0.257. The number of hydrogen-bond donors (Lipinski definition) is 1. The standard InChI is InChI=1S/C16H21NOS/c1-11-9-10-19-16(11)13(3)17-12(2)14-7-5-6-8-15(14)18-4/h5-10,12-13,17H,1-4H3/t12-,13?/m1/s1. The van der Waals surface area contributed by atoms with Gasteiger partial charge in [0.05, 0.1) is 7.11 Å². The molecule has 1 heterocycles. The average Bonchev–Trinajstić information content (AvgIpc) is 2.85. The van der Waals surface area contributed by atoms with Crippen molar-refractivity contribution >= 4 is 11.3 Å². The molecule has 0 aliphatic carbocycles. The summed E-state index contributed by atoms with van der Waals surface area (Å²) in [7, 11) is 1.72. The third-order valence-corrected chi connectivity index (χ3v) is 4.60. The molecule has 19 heavy (non-hydrogen) atoms. The number of nitrogens with one attached hydrogen (secondary N) is 1. The average molecular weight is 275 g/mol. The van der Waals surface area contributed by atoms with E-state index in [-0.39, 0.29) is 6.04 Å². The van der Waals surface area contributed by atoms with Crippen molar-refractivity contribution in [1.29, 1.82) is 0 Å². The minimum absolute atomic E-state index is 0.257. The highest BCUT2D eigenvalue weighted by molar-refractivity contribution is 7.10. The summed E-state index contributed by atoms with van der Waals surface area (Å²) in [6, 6.07) is 11.0. The van der Waals surface area contributed by atoms with Gasteiger partial charge in [-0.05, 0) is 43.8 Å². The molecule has 1 N–H and O–H groups in total. The van der Waals surface area contributed by atoms with Crippen molar-refractivity contribution in [3.63, 3.8) is 0 Å². The van der Waals surface area contributed by atoms with Crippen LogP contribution in [0.2, 0.25) is 0 Å². The van der Waals surface area contributed by atoms with Gasteiger partial charge in [0.15, 0.2) is 0 Å². The molecule has 102 valence electrons. The molecule has 1 aromatic heterocycles. The molecule has 0 radical (unpaired) electrons. The highest BCUT2D eigenvalue weighted by Crippen LogP contribution is 2.29. The summed E-state index contributed by atoms with van der Waals surface area (Å²) in [6.07, 6.45) is 0. The summed E-state index contributed by atoms with van der Waals surface area (Å²) in [5, 5.41) is 5.79. The SMILES string of the molecule is COc1ccccc1[C@@H](C)NC(C)c1sccc1C. The monoisotopic (exact) mass is 275 g/mol. The van der Waals surface area contributed by atoms with Gasteiger partial charge in [-0.3, -0.25) is 0 Å². The fourth-order valence-corrected chi connectivity index (χ4v) is 3.34. The van der Waals surface area contributed by atoms with E-state index in [0.717, 1.165) is 5.75 Å². The topological polar surface area (TPSA) is 21.3 Å². The molecule has 0 saturated carbocycles. The van der Waals surface area contributed by atoms with Crippen molar-refractivity contribution in [2.45, 2.75) is 32.9 Å². The fourth-order valence-electron chi connectivity index (χ4n) is 2.39. The van der Waals surface area contributed by atoms with E-state index in [9.17, 15) is 0 Å². The van der Waals surface area contributed by atoms with Gasteiger partial charge in [-0.2, -0.15) is 0 Å². The minimum Gasteiger partial charge on any atom is -0.496 e. The Labute approximate surface area is 119 Å². The third-order valence-electron chi connectivity index (χ3n) is 3.40. The van der Waals surface area contributed by atoms with Crippen molar-refractivity contribution in [3.05, 3.63) is 51.7 Å². The van der Waals surface area contributed by atoms with Crippen LogP contribution in [-0.2, 0) is 0 Å². The zero-order chi connectivity index (χ0) is 13.8. The second-order valence-electron chi connectivity index (χ2n) is 4.82. The van der Waals surface area contributed by atoms with Crippen LogP contribution in [-0.4, -0.2) is 7.11 Å². The molecule has 0 aliphatic heterocycles. The van der Waals surface area contributed by atoms with Gasteiger partial charge in [0.1, 0.15) is 5.75 Å². The van der Waals surface area contributed by atoms with E-state index in [1.165, 1.54) is 16.0 Å². The summed E-state index contributed by atoms with van der Waals surface area (Å²) >= 11 is 1.81. The molecule has 0 bridgehead atoms. The number of thiophene rings is 1. The van der Waals surface area contributed by atoms with E-state index in [1.54, 1.807) is 7.11 Å². The van der Waals surface area contributed by atoms with Gasteiger partial charge in [-0.15, -0.1) is 11.3 Å². The Bertz CT molecular complexity index is 535. The van der Waals surface area contributed by atoms with Gasteiger partial charge in [-0.1, -0.05) is 18.2 Å². The third kappa shape index (κ3) is 3.17. The molecular formula is C16H21NOS. The smallest absolute Gasteiger partial charge is 0.123 e. The summed E-state index contributed by atoms with van der Waals surface area (Å²) in [6.45, 7) is 6.56. The zero-order valence-electron chi connectivity index (χ0n) is 11.9. The van der Waals surface area contributed by atoms with Gasteiger partial charge >= 0.3 is 0 Å². The lowest BCUT2D eigenvalue weighted by molar-refractivity contribution is 0.397. The summed E-state index contributed by atoms with van der Waals surface area (Å²) in [4.78, 5) is 1.40. The molecule has 0 fully saturated rings. The van der Waals surface area contributed by atoms with Crippen LogP contribution < -0.4 is 10.1 Å². The maximum Gasteiger partial charge on any atom is 0.123 e. The van der Waals surface area contributed by atoms with Crippen LogP contribution in [0, 0.1) is 6.92 Å². The predicted octanol–water partition coefficient (Wildman–Crippen LogP) is 4.48. The van der Waals surface area contributed by atoms with E-state index < -0.39 is 0 Å². The molecule has 2 atom stereocenters. The van der Waals surface area contributed by atoms with Crippen LogP contribution in [0.4, 0.5) is 0 Å². The molecule has 0 saturated heterocycles. The second-order valence-corrected chi connectivity index (χ2v) is 5.77. The van der Waals surface area contributed by atoms with E-state index >= 15 is 0 Å². The Morgan fingerprint density at radius 2 is 1.84 bits per heavy atom. The Hall–Kier alpha value is -1.32. The first-order chi connectivity index (χ1) is 9.13. The number of rotatable bonds is 5. The van der Waals surface area contributed by atoms with E-state index in [2.05, 4.69) is 49.7 Å².